The molecule has 2 rings (SSSR count). The van der Waals surface area contributed by atoms with Crippen molar-refractivity contribution in [2.45, 2.75) is 58.8 Å². The number of rotatable bonds is 9. The molecular formula is C20H29N3O3S2. The molecule has 1 aromatic heterocycles. The van der Waals surface area contributed by atoms with Gasteiger partial charge in [-0.3, -0.25) is 4.79 Å². The van der Waals surface area contributed by atoms with Gasteiger partial charge < -0.3 is 5.32 Å². The van der Waals surface area contributed by atoms with E-state index in [0.29, 0.717) is 34.1 Å². The minimum Gasteiger partial charge on any atom is -0.301 e. The zero-order chi connectivity index (χ0) is 20.9. The van der Waals surface area contributed by atoms with E-state index in [9.17, 15) is 13.2 Å². The van der Waals surface area contributed by atoms with Gasteiger partial charge in [-0.1, -0.05) is 37.5 Å². The smallest absolute Gasteiger partial charge is 0.244 e. The highest BCUT2D eigenvalue weighted by Gasteiger charge is 2.29. The molecule has 0 saturated carbocycles. The molecule has 1 N–H and O–H groups in total. The molecule has 0 aliphatic carbocycles. The average Bonchev–Trinajstić information content (AvgIpc) is 2.97. The number of anilines is 1. The minimum absolute atomic E-state index is 0.225. The van der Waals surface area contributed by atoms with E-state index in [-0.39, 0.29) is 12.5 Å². The number of sulfonamides is 1. The Balaban J connectivity index is 2.29. The van der Waals surface area contributed by atoms with Gasteiger partial charge in [0.15, 0.2) is 5.13 Å². The molecule has 0 unspecified atom stereocenters. The fraction of sp³-hybridized carbons (Fsp3) is 0.500. The standard InChI is InChI=1S/C20H29N3O3S2/c1-6-7-8-9-23(12-18(24)22-20-21-17(5)13-27-20)28(25,26)19-15(3)10-14(2)11-16(19)4/h10-11,13H,6-9,12H2,1-5H3,(H,21,22,24). The highest BCUT2D eigenvalue weighted by molar-refractivity contribution is 7.89. The first-order chi connectivity index (χ1) is 13.1. The largest absolute Gasteiger partial charge is 0.301 e. The number of carbonyl (C=O) groups is 1. The van der Waals surface area contributed by atoms with Crippen molar-refractivity contribution in [3.63, 3.8) is 0 Å². The van der Waals surface area contributed by atoms with E-state index in [1.54, 1.807) is 13.8 Å². The van der Waals surface area contributed by atoms with Crippen LogP contribution in [0.1, 0.15) is 48.6 Å². The Bertz CT molecular complexity index is 913. The summed E-state index contributed by atoms with van der Waals surface area (Å²) in [6, 6.07) is 3.73. The Morgan fingerprint density at radius 2 is 1.79 bits per heavy atom. The number of aromatic nitrogens is 1. The van der Waals surface area contributed by atoms with E-state index < -0.39 is 10.0 Å². The number of thiazole rings is 1. The van der Waals surface area contributed by atoms with E-state index in [4.69, 9.17) is 0 Å². The van der Waals surface area contributed by atoms with Crippen LogP contribution in [0.25, 0.3) is 0 Å². The van der Waals surface area contributed by atoms with Crippen LogP contribution in [0.15, 0.2) is 22.4 Å². The molecule has 0 atom stereocenters. The number of hydrogen-bond acceptors (Lipinski definition) is 5. The quantitative estimate of drug-likeness (QED) is 0.613. The van der Waals surface area contributed by atoms with Crippen molar-refractivity contribution in [3.05, 3.63) is 39.9 Å². The Hall–Kier alpha value is -1.77. The number of hydrogen-bond donors (Lipinski definition) is 1. The van der Waals surface area contributed by atoms with Crippen molar-refractivity contribution in [1.29, 1.82) is 0 Å². The summed E-state index contributed by atoms with van der Waals surface area (Å²) in [6.07, 6.45) is 2.59. The van der Waals surface area contributed by atoms with E-state index in [0.717, 1.165) is 24.1 Å². The lowest BCUT2D eigenvalue weighted by Crippen LogP contribution is -2.39. The van der Waals surface area contributed by atoms with Gasteiger partial charge in [-0.2, -0.15) is 4.31 Å². The Morgan fingerprint density at radius 3 is 2.32 bits per heavy atom. The first-order valence-electron chi connectivity index (χ1n) is 9.45. The summed E-state index contributed by atoms with van der Waals surface area (Å²) in [5.41, 5.74) is 3.24. The maximum atomic E-state index is 13.4. The summed E-state index contributed by atoms with van der Waals surface area (Å²) in [7, 11) is -3.79. The van der Waals surface area contributed by atoms with Crippen molar-refractivity contribution < 1.29 is 13.2 Å². The lowest BCUT2D eigenvalue weighted by Gasteiger charge is -2.24. The van der Waals surface area contributed by atoms with Crippen LogP contribution in [-0.2, 0) is 14.8 Å². The maximum Gasteiger partial charge on any atom is 0.244 e. The fourth-order valence-electron chi connectivity index (χ4n) is 3.26. The summed E-state index contributed by atoms with van der Waals surface area (Å²) < 4.78 is 28.1. The maximum absolute atomic E-state index is 13.4. The van der Waals surface area contributed by atoms with E-state index >= 15 is 0 Å². The first-order valence-corrected chi connectivity index (χ1v) is 11.8. The zero-order valence-electron chi connectivity index (χ0n) is 17.2. The molecule has 0 bridgehead atoms. The highest BCUT2D eigenvalue weighted by atomic mass is 32.2. The monoisotopic (exact) mass is 423 g/mol. The van der Waals surface area contributed by atoms with E-state index in [2.05, 4.69) is 17.2 Å². The van der Waals surface area contributed by atoms with Gasteiger partial charge in [0.1, 0.15) is 0 Å². The number of carbonyl (C=O) groups excluding carboxylic acids is 1. The normalized spacial score (nSPS) is 11.8. The molecule has 2 aromatic rings. The van der Waals surface area contributed by atoms with Crippen LogP contribution in [0.2, 0.25) is 0 Å². The molecule has 0 aliphatic heterocycles. The van der Waals surface area contributed by atoms with Crippen LogP contribution in [0, 0.1) is 27.7 Å². The van der Waals surface area contributed by atoms with E-state index in [1.165, 1.54) is 15.6 Å². The van der Waals surface area contributed by atoms with E-state index in [1.807, 2.05) is 31.4 Å². The zero-order valence-corrected chi connectivity index (χ0v) is 18.8. The molecule has 8 heteroatoms. The molecule has 6 nitrogen and oxygen atoms in total. The van der Waals surface area contributed by atoms with Crippen LogP contribution in [0.3, 0.4) is 0 Å². The molecular weight excluding hydrogens is 394 g/mol. The minimum atomic E-state index is -3.79. The van der Waals surface area contributed by atoms with Gasteiger partial charge in [-0.15, -0.1) is 11.3 Å². The van der Waals surface area contributed by atoms with Crippen LogP contribution >= 0.6 is 11.3 Å². The Labute approximate surface area is 172 Å². The number of benzene rings is 1. The van der Waals surface area contributed by atoms with Gasteiger partial charge in [-0.25, -0.2) is 13.4 Å². The molecule has 1 aromatic carbocycles. The van der Waals surface area contributed by atoms with Gasteiger partial charge in [0.2, 0.25) is 15.9 Å². The third-order valence-electron chi connectivity index (χ3n) is 4.40. The fourth-order valence-corrected chi connectivity index (χ4v) is 5.81. The molecule has 154 valence electrons. The molecule has 0 aliphatic rings. The van der Waals surface area contributed by atoms with Gasteiger partial charge in [0.25, 0.3) is 0 Å². The van der Waals surface area contributed by atoms with Crippen molar-refractivity contribution >= 4 is 32.4 Å². The summed E-state index contributed by atoms with van der Waals surface area (Å²) in [6.45, 7) is 9.54. The Morgan fingerprint density at radius 1 is 1.14 bits per heavy atom. The van der Waals surface area contributed by atoms with Gasteiger partial charge in [0, 0.05) is 11.9 Å². The number of nitrogens with one attached hydrogen (secondary N) is 1. The van der Waals surface area contributed by atoms with Gasteiger partial charge >= 0.3 is 0 Å². The third-order valence-corrected chi connectivity index (χ3v) is 7.43. The van der Waals surface area contributed by atoms with Gasteiger partial charge in [0.05, 0.1) is 17.1 Å². The summed E-state index contributed by atoms with van der Waals surface area (Å²) in [4.78, 5) is 17.0. The van der Waals surface area contributed by atoms with Crippen LogP contribution in [-0.4, -0.2) is 36.7 Å². The third kappa shape index (κ3) is 5.62. The molecule has 1 heterocycles. The van der Waals surface area contributed by atoms with Crippen LogP contribution in [0.4, 0.5) is 5.13 Å². The topological polar surface area (TPSA) is 79.4 Å². The Kier molecular flexibility index (Phi) is 7.74. The summed E-state index contributed by atoms with van der Waals surface area (Å²) >= 11 is 1.33. The number of unbranched alkanes of at least 4 members (excludes halogenated alkanes) is 2. The number of aryl methyl sites for hydroxylation is 4. The first kappa shape index (κ1) is 22.5. The van der Waals surface area contributed by atoms with Crippen LogP contribution < -0.4 is 5.32 Å². The molecule has 0 spiro atoms. The lowest BCUT2D eigenvalue weighted by molar-refractivity contribution is -0.116. The summed E-state index contributed by atoms with van der Waals surface area (Å²) in [5, 5.41) is 5.03. The molecule has 0 fully saturated rings. The molecule has 1 amide bonds. The molecule has 0 radical (unpaired) electrons. The number of nitrogens with zero attached hydrogens (tertiary/aromatic N) is 2. The predicted molar refractivity (Wildman–Crippen MR) is 114 cm³/mol. The van der Waals surface area contributed by atoms with Crippen molar-refractivity contribution in [1.82, 2.24) is 9.29 Å². The second-order valence-corrected chi connectivity index (χ2v) is 9.85. The lowest BCUT2D eigenvalue weighted by atomic mass is 10.1. The highest BCUT2D eigenvalue weighted by Crippen LogP contribution is 2.26. The van der Waals surface area contributed by atoms with Gasteiger partial charge in [-0.05, 0) is 45.2 Å². The second-order valence-electron chi connectivity index (χ2n) is 7.12. The van der Waals surface area contributed by atoms with Crippen molar-refractivity contribution in [2.75, 3.05) is 18.4 Å². The molecule has 28 heavy (non-hydrogen) atoms. The summed E-state index contributed by atoms with van der Waals surface area (Å²) in [5.74, 6) is -0.378. The predicted octanol–water partition coefficient (Wildman–Crippen LogP) is 4.20. The SMILES string of the molecule is CCCCCN(CC(=O)Nc1nc(C)cs1)S(=O)(=O)c1c(C)cc(C)cc1C. The van der Waals surface area contributed by atoms with Crippen LogP contribution in [0.5, 0.6) is 0 Å². The second kappa shape index (κ2) is 9.62. The number of amides is 1. The van der Waals surface area contributed by atoms with Crippen molar-refractivity contribution in [3.8, 4) is 0 Å². The average molecular weight is 424 g/mol. The molecule has 0 saturated heterocycles. The van der Waals surface area contributed by atoms with Crippen molar-refractivity contribution in [2.24, 2.45) is 0 Å².